The molecule has 6 heteroatoms. The van der Waals surface area contributed by atoms with Crippen LogP contribution in [-0.4, -0.2) is 22.8 Å². The zero-order valence-corrected chi connectivity index (χ0v) is 15.1. The third-order valence-corrected chi connectivity index (χ3v) is 3.85. The van der Waals surface area contributed by atoms with Gasteiger partial charge < -0.3 is 9.47 Å². The predicted octanol–water partition coefficient (Wildman–Crippen LogP) is 4.08. The molecule has 0 unspecified atom stereocenters. The van der Waals surface area contributed by atoms with Crippen molar-refractivity contribution in [3.8, 4) is 11.8 Å². The molecule has 0 fully saturated rings. The van der Waals surface area contributed by atoms with Crippen LogP contribution >= 0.6 is 0 Å². The average molecular weight is 360 g/mol. The molecule has 3 rings (SSSR count). The molecule has 0 aliphatic carbocycles. The Morgan fingerprint density at radius 3 is 2.59 bits per heavy atom. The van der Waals surface area contributed by atoms with E-state index < -0.39 is 0 Å². The van der Waals surface area contributed by atoms with E-state index in [0.29, 0.717) is 31.1 Å². The molecular weight excluding hydrogens is 340 g/mol. The summed E-state index contributed by atoms with van der Waals surface area (Å²) in [5.41, 5.74) is 2.57. The topological polar surface area (TPSA) is 72.4 Å². The molecule has 0 aliphatic rings. The lowest BCUT2D eigenvalue weighted by Gasteiger charge is -2.08. The molecule has 1 heterocycles. The van der Waals surface area contributed by atoms with Crippen LogP contribution in [0.4, 0.5) is 5.82 Å². The van der Waals surface area contributed by atoms with Gasteiger partial charge in [-0.25, -0.2) is 4.68 Å². The van der Waals surface area contributed by atoms with Gasteiger partial charge in [0, 0.05) is 0 Å². The summed E-state index contributed by atoms with van der Waals surface area (Å²) in [6.07, 6.45) is 2.85. The lowest BCUT2D eigenvalue weighted by atomic mass is 10.2. The van der Waals surface area contributed by atoms with Crippen LogP contribution in [0.3, 0.4) is 0 Å². The van der Waals surface area contributed by atoms with Crippen LogP contribution in [0, 0.1) is 11.3 Å². The van der Waals surface area contributed by atoms with E-state index in [4.69, 9.17) is 9.47 Å². The van der Waals surface area contributed by atoms with Crippen LogP contribution in [-0.2, 0) is 17.9 Å². The summed E-state index contributed by atoms with van der Waals surface area (Å²) in [5, 5.41) is 13.5. The average Bonchev–Trinajstić information content (AvgIpc) is 3.10. The predicted molar refractivity (Wildman–Crippen MR) is 103 cm³/mol. The molecule has 0 radical (unpaired) electrons. The molecule has 0 N–H and O–H groups in total. The SMILES string of the molecule is CCO/C=N/c1c(C#N)cnn1Cc1ccc(OCc2ccccc2)cc1. The van der Waals surface area contributed by atoms with Crippen molar-refractivity contribution in [3.63, 3.8) is 0 Å². The Hall–Kier alpha value is -3.59. The maximum absolute atomic E-state index is 9.21. The number of benzene rings is 2. The minimum absolute atomic E-state index is 0.411. The highest BCUT2D eigenvalue weighted by Gasteiger charge is 2.10. The number of nitriles is 1. The van der Waals surface area contributed by atoms with Gasteiger partial charge in [-0.3, -0.25) is 0 Å². The van der Waals surface area contributed by atoms with Crippen molar-refractivity contribution in [2.24, 2.45) is 4.99 Å². The number of hydrogen-bond donors (Lipinski definition) is 0. The summed E-state index contributed by atoms with van der Waals surface area (Å²) in [5.74, 6) is 1.28. The first-order chi connectivity index (χ1) is 13.3. The Bertz CT molecular complexity index is 925. The molecule has 0 spiro atoms. The van der Waals surface area contributed by atoms with E-state index >= 15 is 0 Å². The third-order valence-electron chi connectivity index (χ3n) is 3.85. The van der Waals surface area contributed by atoms with Crippen LogP contribution < -0.4 is 4.74 Å². The van der Waals surface area contributed by atoms with Gasteiger partial charge in [0.05, 0.1) is 19.3 Å². The quantitative estimate of drug-likeness (QED) is 0.448. The van der Waals surface area contributed by atoms with Gasteiger partial charge in [-0.05, 0) is 30.2 Å². The summed E-state index contributed by atoms with van der Waals surface area (Å²) in [6, 6.07) is 19.9. The molecule has 0 amide bonds. The van der Waals surface area contributed by atoms with Gasteiger partial charge in [0.15, 0.2) is 12.2 Å². The summed E-state index contributed by atoms with van der Waals surface area (Å²) in [6.45, 7) is 3.42. The highest BCUT2D eigenvalue weighted by molar-refractivity contribution is 5.58. The van der Waals surface area contributed by atoms with Crippen molar-refractivity contribution in [1.29, 1.82) is 5.26 Å². The second-order valence-corrected chi connectivity index (χ2v) is 5.76. The van der Waals surface area contributed by atoms with Crippen LogP contribution in [0.5, 0.6) is 5.75 Å². The number of aliphatic imine (C=N–C) groups is 1. The minimum atomic E-state index is 0.411. The van der Waals surface area contributed by atoms with Crippen LogP contribution in [0.1, 0.15) is 23.6 Å². The Balaban J connectivity index is 1.66. The largest absolute Gasteiger partial charge is 0.489 e. The van der Waals surface area contributed by atoms with Gasteiger partial charge in [-0.2, -0.15) is 15.4 Å². The smallest absolute Gasteiger partial charge is 0.176 e. The van der Waals surface area contributed by atoms with Crippen molar-refractivity contribution < 1.29 is 9.47 Å². The summed E-state index contributed by atoms with van der Waals surface area (Å²) in [7, 11) is 0. The standard InChI is InChI=1S/C21H20N4O2/c1-2-26-16-23-21-19(12-22)13-24-25(21)14-17-8-10-20(11-9-17)27-15-18-6-4-3-5-7-18/h3-11,13,16H,2,14-15H2,1H3/b23-16+. The molecule has 0 saturated heterocycles. The van der Waals surface area contributed by atoms with Crippen molar-refractivity contribution in [2.45, 2.75) is 20.1 Å². The first-order valence-electron chi connectivity index (χ1n) is 8.66. The number of nitrogens with zero attached hydrogens (tertiary/aromatic N) is 4. The Kier molecular flexibility index (Phi) is 6.21. The fourth-order valence-electron chi connectivity index (χ4n) is 2.48. The van der Waals surface area contributed by atoms with Gasteiger partial charge in [-0.15, -0.1) is 0 Å². The van der Waals surface area contributed by atoms with Gasteiger partial charge in [0.2, 0.25) is 0 Å². The zero-order chi connectivity index (χ0) is 18.9. The summed E-state index contributed by atoms with van der Waals surface area (Å²) in [4.78, 5) is 4.21. The molecule has 6 nitrogen and oxygen atoms in total. The van der Waals surface area contributed by atoms with Crippen molar-refractivity contribution >= 4 is 12.2 Å². The van der Waals surface area contributed by atoms with E-state index in [0.717, 1.165) is 16.9 Å². The molecule has 0 aliphatic heterocycles. The summed E-state index contributed by atoms with van der Waals surface area (Å²) >= 11 is 0. The highest BCUT2D eigenvalue weighted by Crippen LogP contribution is 2.20. The molecule has 3 aromatic rings. The second kappa shape index (κ2) is 9.20. The lowest BCUT2D eigenvalue weighted by Crippen LogP contribution is -2.02. The van der Waals surface area contributed by atoms with Crippen molar-refractivity contribution in [1.82, 2.24) is 9.78 Å². The van der Waals surface area contributed by atoms with E-state index in [1.165, 1.54) is 12.6 Å². The number of aromatic nitrogens is 2. The molecule has 136 valence electrons. The van der Waals surface area contributed by atoms with E-state index in [1.54, 1.807) is 4.68 Å². The van der Waals surface area contributed by atoms with Gasteiger partial charge in [0.25, 0.3) is 0 Å². The first-order valence-corrected chi connectivity index (χ1v) is 8.66. The van der Waals surface area contributed by atoms with Crippen molar-refractivity contribution in [2.75, 3.05) is 6.61 Å². The maximum Gasteiger partial charge on any atom is 0.176 e. The fraction of sp³-hybridized carbons (Fsp3) is 0.190. The maximum atomic E-state index is 9.21. The molecule has 0 saturated carbocycles. The minimum Gasteiger partial charge on any atom is -0.489 e. The van der Waals surface area contributed by atoms with E-state index in [2.05, 4.69) is 16.2 Å². The van der Waals surface area contributed by atoms with Crippen LogP contribution in [0.2, 0.25) is 0 Å². The number of hydrogen-bond acceptors (Lipinski definition) is 5. The van der Waals surface area contributed by atoms with Crippen LogP contribution in [0.15, 0.2) is 65.8 Å². The van der Waals surface area contributed by atoms with Gasteiger partial charge in [-0.1, -0.05) is 42.5 Å². The van der Waals surface area contributed by atoms with Crippen LogP contribution in [0.25, 0.3) is 0 Å². The van der Waals surface area contributed by atoms with E-state index in [-0.39, 0.29) is 0 Å². The molecule has 27 heavy (non-hydrogen) atoms. The molecule has 0 atom stereocenters. The van der Waals surface area contributed by atoms with E-state index in [9.17, 15) is 5.26 Å². The highest BCUT2D eigenvalue weighted by atomic mass is 16.5. The third kappa shape index (κ3) is 4.95. The molecular formula is C21H20N4O2. The zero-order valence-electron chi connectivity index (χ0n) is 15.1. The Morgan fingerprint density at radius 1 is 1.11 bits per heavy atom. The molecule has 2 aromatic carbocycles. The van der Waals surface area contributed by atoms with Gasteiger partial charge >= 0.3 is 0 Å². The Labute approximate surface area is 158 Å². The fourth-order valence-corrected chi connectivity index (χ4v) is 2.48. The summed E-state index contributed by atoms with van der Waals surface area (Å²) < 4.78 is 12.6. The molecule has 0 bridgehead atoms. The number of rotatable bonds is 8. The monoisotopic (exact) mass is 360 g/mol. The van der Waals surface area contributed by atoms with Crippen molar-refractivity contribution in [3.05, 3.63) is 77.5 Å². The second-order valence-electron chi connectivity index (χ2n) is 5.76. The molecule has 1 aromatic heterocycles. The van der Waals surface area contributed by atoms with E-state index in [1.807, 2.05) is 61.5 Å². The number of ether oxygens (including phenoxy) is 2. The van der Waals surface area contributed by atoms with Gasteiger partial charge in [0.1, 0.15) is 24.0 Å². The lowest BCUT2D eigenvalue weighted by molar-refractivity contribution is 0.306. The first kappa shape index (κ1) is 18.2. The normalized spacial score (nSPS) is 10.7. The Morgan fingerprint density at radius 2 is 1.89 bits per heavy atom.